The fraction of sp³-hybridized carbons (Fsp3) is 0.938. The maximum Gasteiger partial charge on any atom is 0.306 e. The van der Waals surface area contributed by atoms with Crippen molar-refractivity contribution in [3.05, 3.63) is 0 Å². The maximum absolute atomic E-state index is 11.8. The number of rotatable bonds is 0. The molecule has 4 rings (SSSR count). The lowest BCUT2D eigenvalue weighted by atomic mass is 9.49. The van der Waals surface area contributed by atoms with Crippen LogP contribution in [-0.4, -0.2) is 34.5 Å². The summed E-state index contributed by atoms with van der Waals surface area (Å²) in [4.78, 5) is 11.8. The number of esters is 1. The molecule has 2 saturated heterocycles. The van der Waals surface area contributed by atoms with Gasteiger partial charge in [0.1, 0.15) is 11.7 Å². The molecule has 0 bridgehead atoms. The zero-order chi connectivity index (χ0) is 14.3. The molecule has 7 unspecified atom stereocenters. The summed E-state index contributed by atoms with van der Waals surface area (Å²) < 4.78 is 11.7. The van der Waals surface area contributed by atoms with Gasteiger partial charge in [0.15, 0.2) is 0 Å². The van der Waals surface area contributed by atoms with E-state index in [0.717, 1.165) is 25.7 Å². The summed E-state index contributed by atoms with van der Waals surface area (Å²) in [6.45, 7) is 6.28. The first-order chi connectivity index (χ1) is 9.27. The van der Waals surface area contributed by atoms with Crippen molar-refractivity contribution >= 4 is 5.97 Å². The van der Waals surface area contributed by atoms with Crippen LogP contribution in [0.4, 0.5) is 0 Å². The Morgan fingerprint density at radius 1 is 1.25 bits per heavy atom. The summed E-state index contributed by atoms with van der Waals surface area (Å²) in [6, 6.07) is 0. The van der Waals surface area contributed by atoms with Crippen LogP contribution in [0.3, 0.4) is 0 Å². The van der Waals surface area contributed by atoms with Crippen LogP contribution in [0.25, 0.3) is 0 Å². The van der Waals surface area contributed by atoms with Gasteiger partial charge in [-0.15, -0.1) is 0 Å². The normalized spacial score (nSPS) is 60.9. The minimum Gasteiger partial charge on any atom is -0.456 e. The van der Waals surface area contributed by atoms with Gasteiger partial charge in [-0.1, -0.05) is 6.92 Å². The van der Waals surface area contributed by atoms with Gasteiger partial charge in [0.05, 0.1) is 11.7 Å². The molecule has 2 saturated carbocycles. The summed E-state index contributed by atoms with van der Waals surface area (Å²) in [5, 5.41) is 10.4. The molecule has 1 N–H and O–H groups in total. The highest BCUT2D eigenvalue weighted by atomic mass is 16.6. The highest BCUT2D eigenvalue weighted by molar-refractivity contribution is 5.71. The Morgan fingerprint density at radius 3 is 2.75 bits per heavy atom. The Balaban J connectivity index is 1.73. The molecule has 2 heterocycles. The van der Waals surface area contributed by atoms with Crippen LogP contribution < -0.4 is 0 Å². The molecular weight excluding hydrogens is 256 g/mol. The van der Waals surface area contributed by atoms with Crippen molar-refractivity contribution in [2.24, 2.45) is 17.3 Å². The summed E-state index contributed by atoms with van der Waals surface area (Å²) >= 11 is 0. The van der Waals surface area contributed by atoms with Crippen molar-refractivity contribution in [2.45, 2.75) is 76.3 Å². The number of carbonyl (C=O) groups excluding carboxylic acids is 1. The van der Waals surface area contributed by atoms with Crippen molar-refractivity contribution < 1.29 is 19.4 Å². The highest BCUT2D eigenvalue weighted by Gasteiger charge is 2.74. The van der Waals surface area contributed by atoms with Gasteiger partial charge in [-0.2, -0.15) is 0 Å². The van der Waals surface area contributed by atoms with Crippen LogP contribution in [-0.2, 0) is 14.3 Å². The lowest BCUT2D eigenvalue weighted by Gasteiger charge is -2.59. The van der Waals surface area contributed by atoms with Crippen LogP contribution in [0.15, 0.2) is 0 Å². The Morgan fingerprint density at radius 2 is 2.00 bits per heavy atom. The molecule has 4 nitrogen and oxygen atoms in total. The van der Waals surface area contributed by atoms with Crippen LogP contribution >= 0.6 is 0 Å². The van der Waals surface area contributed by atoms with Crippen molar-refractivity contribution in [2.75, 3.05) is 0 Å². The van der Waals surface area contributed by atoms with Gasteiger partial charge in [0.2, 0.25) is 0 Å². The second-order valence-corrected chi connectivity index (χ2v) is 8.03. The van der Waals surface area contributed by atoms with Crippen molar-refractivity contribution in [3.63, 3.8) is 0 Å². The molecule has 20 heavy (non-hydrogen) atoms. The Kier molecular flexibility index (Phi) is 2.34. The molecule has 4 heteroatoms. The highest BCUT2D eigenvalue weighted by Crippen LogP contribution is 2.66. The van der Waals surface area contributed by atoms with Gasteiger partial charge >= 0.3 is 5.97 Å². The Bertz CT molecular complexity index is 473. The molecule has 0 aromatic rings. The molecule has 4 fully saturated rings. The van der Waals surface area contributed by atoms with Crippen molar-refractivity contribution in [1.82, 2.24) is 0 Å². The van der Waals surface area contributed by atoms with Gasteiger partial charge in [-0.3, -0.25) is 4.79 Å². The number of hydrogen-bond acceptors (Lipinski definition) is 4. The number of epoxide rings is 1. The summed E-state index contributed by atoms with van der Waals surface area (Å²) in [7, 11) is 0. The van der Waals surface area contributed by atoms with E-state index in [-0.39, 0.29) is 23.6 Å². The molecule has 112 valence electrons. The molecular formula is C16H24O4. The number of aliphatic hydroxyl groups is 1. The standard InChI is InChI=1S/C16H24O4/c1-14(18)6-4-10-9(8-14)12-13(19-12)16(3)15(10,2)7-5-11(17)20-16/h9-10,12-13,18H,4-8H2,1-3H3. The van der Waals surface area contributed by atoms with E-state index in [1.807, 2.05) is 6.92 Å². The van der Waals surface area contributed by atoms with Crippen LogP contribution in [0.1, 0.15) is 52.9 Å². The second-order valence-electron chi connectivity index (χ2n) is 8.03. The first-order valence-electron chi connectivity index (χ1n) is 7.87. The topological polar surface area (TPSA) is 59.1 Å². The lowest BCUT2D eigenvalue weighted by Crippen LogP contribution is -2.65. The first-order valence-corrected chi connectivity index (χ1v) is 7.87. The third kappa shape index (κ3) is 1.47. The Labute approximate surface area is 119 Å². The van der Waals surface area contributed by atoms with Gasteiger partial charge in [-0.05, 0) is 51.4 Å². The SMILES string of the molecule is CC1(O)CCC2C(C1)C1OC1C1(C)OC(=O)CCC21C. The van der Waals surface area contributed by atoms with E-state index in [4.69, 9.17) is 9.47 Å². The van der Waals surface area contributed by atoms with E-state index in [1.165, 1.54) is 0 Å². The third-order valence-electron chi connectivity index (χ3n) is 6.80. The van der Waals surface area contributed by atoms with Gasteiger partial charge in [0.25, 0.3) is 0 Å². The monoisotopic (exact) mass is 280 g/mol. The molecule has 0 aromatic carbocycles. The van der Waals surface area contributed by atoms with E-state index in [9.17, 15) is 9.90 Å². The Hall–Kier alpha value is -0.610. The van der Waals surface area contributed by atoms with E-state index >= 15 is 0 Å². The lowest BCUT2D eigenvalue weighted by molar-refractivity contribution is -0.216. The zero-order valence-electron chi connectivity index (χ0n) is 12.5. The predicted molar refractivity (Wildman–Crippen MR) is 72.0 cm³/mol. The van der Waals surface area contributed by atoms with E-state index in [2.05, 4.69) is 13.8 Å². The minimum absolute atomic E-state index is 0.0141. The predicted octanol–water partition coefficient (Wildman–Crippen LogP) is 2.04. The molecule has 2 aliphatic carbocycles. The van der Waals surface area contributed by atoms with Crippen LogP contribution in [0.5, 0.6) is 0 Å². The minimum atomic E-state index is -0.562. The molecule has 0 spiro atoms. The zero-order valence-corrected chi connectivity index (χ0v) is 12.5. The number of carbonyl (C=O) groups is 1. The second kappa shape index (κ2) is 3.58. The van der Waals surface area contributed by atoms with Crippen molar-refractivity contribution in [3.8, 4) is 0 Å². The van der Waals surface area contributed by atoms with Crippen LogP contribution in [0, 0.1) is 17.3 Å². The van der Waals surface area contributed by atoms with E-state index < -0.39 is 11.2 Å². The fourth-order valence-electron chi connectivity index (χ4n) is 5.41. The third-order valence-corrected chi connectivity index (χ3v) is 6.80. The molecule has 0 radical (unpaired) electrons. The molecule has 0 aromatic heterocycles. The number of fused-ring (bicyclic) bond motifs is 6. The summed E-state index contributed by atoms with van der Waals surface area (Å²) in [5.41, 5.74) is -1.05. The average molecular weight is 280 g/mol. The summed E-state index contributed by atoms with van der Waals surface area (Å²) in [5.74, 6) is 0.823. The summed E-state index contributed by atoms with van der Waals surface area (Å²) in [6.07, 6.45) is 4.28. The molecule has 4 aliphatic rings. The van der Waals surface area contributed by atoms with Gasteiger partial charge < -0.3 is 14.6 Å². The van der Waals surface area contributed by atoms with Gasteiger partial charge in [0, 0.05) is 11.8 Å². The van der Waals surface area contributed by atoms with E-state index in [1.54, 1.807) is 0 Å². The quantitative estimate of drug-likeness (QED) is 0.545. The van der Waals surface area contributed by atoms with Crippen LogP contribution in [0.2, 0.25) is 0 Å². The molecule has 7 atom stereocenters. The van der Waals surface area contributed by atoms with Gasteiger partial charge in [-0.25, -0.2) is 0 Å². The average Bonchev–Trinajstić information content (AvgIpc) is 3.13. The van der Waals surface area contributed by atoms with Crippen molar-refractivity contribution in [1.29, 1.82) is 0 Å². The number of hydrogen-bond donors (Lipinski definition) is 1. The largest absolute Gasteiger partial charge is 0.456 e. The first kappa shape index (κ1) is 13.1. The smallest absolute Gasteiger partial charge is 0.306 e. The number of ether oxygens (including phenoxy) is 2. The maximum atomic E-state index is 11.8. The molecule has 0 amide bonds. The fourth-order valence-corrected chi connectivity index (χ4v) is 5.41. The molecule has 2 aliphatic heterocycles. The van der Waals surface area contributed by atoms with E-state index in [0.29, 0.717) is 18.3 Å².